The predicted octanol–water partition coefficient (Wildman–Crippen LogP) is -1.04. The predicted molar refractivity (Wildman–Crippen MR) is 109 cm³/mol. The van der Waals surface area contributed by atoms with E-state index in [-0.39, 0.29) is 19.8 Å². The normalized spacial score (nSPS) is 39.4. The van der Waals surface area contributed by atoms with Crippen LogP contribution in [0.3, 0.4) is 0 Å². The van der Waals surface area contributed by atoms with E-state index in [1.807, 2.05) is 26.8 Å². The minimum Gasteiger partial charge on any atom is -0.388 e. The zero-order valence-electron chi connectivity index (χ0n) is 18.2. The highest BCUT2D eigenvalue weighted by Crippen LogP contribution is 2.24. The number of rotatable bonds is 9. The SMILES string of the molecule is CC(C)=CCC/C(C)=C/CO[C@H]1O[C@H](CO[C@@H]2OC[C@@H](O)[C@H](O)[C@H]2O)[C@@H](O)[C@H](O)[C@H]1O. The Bertz CT molecular complexity index is 605. The molecule has 9 atom stereocenters. The standard InChI is InChI=1S/C21H36O10/c1-11(2)5-4-6-12(3)7-8-28-21-19(27)17(25)16(24)14(31-21)10-30-20-18(26)15(23)13(22)9-29-20/h5,7,13-27H,4,6,8-10H2,1-3H3/b12-7+/t13-,14-,15+,16-,17+,18-,19-,20+,21+/m1/s1. The van der Waals surface area contributed by atoms with Crippen LogP contribution in [-0.2, 0) is 18.9 Å². The molecule has 2 rings (SSSR count). The molecule has 0 aliphatic carbocycles. The molecule has 2 fully saturated rings. The average molecular weight is 449 g/mol. The summed E-state index contributed by atoms with van der Waals surface area (Å²) in [5, 5.41) is 59.6. The largest absolute Gasteiger partial charge is 0.388 e. The third kappa shape index (κ3) is 7.57. The van der Waals surface area contributed by atoms with Crippen LogP contribution in [0.4, 0.5) is 0 Å². The fourth-order valence-electron chi connectivity index (χ4n) is 3.28. The Morgan fingerprint density at radius 1 is 0.839 bits per heavy atom. The summed E-state index contributed by atoms with van der Waals surface area (Å²) in [4.78, 5) is 0. The molecule has 2 heterocycles. The summed E-state index contributed by atoms with van der Waals surface area (Å²) < 4.78 is 21.6. The molecule has 0 bridgehead atoms. The third-order valence-corrected chi connectivity index (χ3v) is 5.33. The molecule has 0 aromatic carbocycles. The maximum Gasteiger partial charge on any atom is 0.187 e. The van der Waals surface area contributed by atoms with Crippen molar-refractivity contribution in [2.75, 3.05) is 19.8 Å². The van der Waals surface area contributed by atoms with E-state index in [1.165, 1.54) is 5.57 Å². The van der Waals surface area contributed by atoms with Crippen LogP contribution in [-0.4, -0.2) is 106 Å². The van der Waals surface area contributed by atoms with Crippen molar-refractivity contribution in [1.82, 2.24) is 0 Å². The van der Waals surface area contributed by atoms with Gasteiger partial charge in [0.25, 0.3) is 0 Å². The van der Waals surface area contributed by atoms with Crippen molar-refractivity contribution >= 4 is 0 Å². The lowest BCUT2D eigenvalue weighted by Crippen LogP contribution is -2.60. The van der Waals surface area contributed by atoms with Gasteiger partial charge in [0.2, 0.25) is 0 Å². The topological polar surface area (TPSA) is 158 Å². The fraction of sp³-hybridized carbons (Fsp3) is 0.810. The molecular formula is C21H36O10. The minimum atomic E-state index is -1.53. The quantitative estimate of drug-likeness (QED) is 0.241. The van der Waals surface area contributed by atoms with Gasteiger partial charge < -0.3 is 49.6 Å². The number of ether oxygens (including phenoxy) is 4. The van der Waals surface area contributed by atoms with Crippen molar-refractivity contribution in [3.63, 3.8) is 0 Å². The number of hydrogen-bond donors (Lipinski definition) is 6. The maximum absolute atomic E-state index is 10.2. The molecule has 0 aromatic heterocycles. The van der Waals surface area contributed by atoms with Crippen molar-refractivity contribution < 1.29 is 49.6 Å². The second-order valence-corrected chi connectivity index (χ2v) is 8.30. The van der Waals surface area contributed by atoms with Crippen LogP contribution in [0.5, 0.6) is 0 Å². The Balaban J connectivity index is 1.86. The van der Waals surface area contributed by atoms with Gasteiger partial charge in [0.05, 0.1) is 19.8 Å². The van der Waals surface area contributed by atoms with Gasteiger partial charge in [-0.3, -0.25) is 0 Å². The number of aliphatic hydroxyl groups excluding tert-OH is 6. The summed E-state index contributed by atoms with van der Waals surface area (Å²) in [6.45, 7) is 5.65. The molecule has 31 heavy (non-hydrogen) atoms. The van der Waals surface area contributed by atoms with E-state index in [9.17, 15) is 30.6 Å². The van der Waals surface area contributed by atoms with E-state index in [0.717, 1.165) is 18.4 Å². The van der Waals surface area contributed by atoms with Crippen LogP contribution in [0.1, 0.15) is 33.6 Å². The van der Waals surface area contributed by atoms with Gasteiger partial charge in [-0.2, -0.15) is 0 Å². The average Bonchev–Trinajstić information content (AvgIpc) is 2.72. The van der Waals surface area contributed by atoms with Crippen LogP contribution in [0.2, 0.25) is 0 Å². The van der Waals surface area contributed by atoms with Gasteiger partial charge in [0, 0.05) is 0 Å². The Labute approximate surface area is 182 Å². The van der Waals surface area contributed by atoms with Crippen LogP contribution in [0.25, 0.3) is 0 Å². The second-order valence-electron chi connectivity index (χ2n) is 8.30. The van der Waals surface area contributed by atoms with Crippen molar-refractivity contribution in [3.05, 3.63) is 23.3 Å². The zero-order valence-corrected chi connectivity index (χ0v) is 18.2. The number of hydrogen-bond acceptors (Lipinski definition) is 10. The number of aliphatic hydroxyl groups is 6. The van der Waals surface area contributed by atoms with Crippen molar-refractivity contribution in [2.24, 2.45) is 0 Å². The molecule has 2 aliphatic rings. The summed E-state index contributed by atoms with van der Waals surface area (Å²) in [6.07, 6.45) is -6.36. The molecule has 0 amide bonds. The smallest absolute Gasteiger partial charge is 0.187 e. The second kappa shape index (κ2) is 12.4. The zero-order chi connectivity index (χ0) is 23.1. The Morgan fingerprint density at radius 2 is 1.52 bits per heavy atom. The summed E-state index contributed by atoms with van der Waals surface area (Å²) in [5.74, 6) is 0. The van der Waals surface area contributed by atoms with E-state index in [0.29, 0.717) is 0 Å². The van der Waals surface area contributed by atoms with Gasteiger partial charge in [-0.25, -0.2) is 0 Å². The molecule has 180 valence electrons. The van der Waals surface area contributed by atoms with Gasteiger partial charge in [0.15, 0.2) is 12.6 Å². The summed E-state index contributed by atoms with van der Waals surface area (Å²) in [5.41, 5.74) is 2.35. The molecule has 10 nitrogen and oxygen atoms in total. The third-order valence-electron chi connectivity index (χ3n) is 5.33. The van der Waals surface area contributed by atoms with E-state index in [1.54, 1.807) is 0 Å². The summed E-state index contributed by atoms with van der Waals surface area (Å²) in [6, 6.07) is 0. The lowest BCUT2D eigenvalue weighted by Gasteiger charge is -2.41. The molecule has 0 saturated carbocycles. The van der Waals surface area contributed by atoms with E-state index < -0.39 is 55.3 Å². The van der Waals surface area contributed by atoms with Gasteiger partial charge >= 0.3 is 0 Å². The first-order valence-corrected chi connectivity index (χ1v) is 10.5. The molecule has 0 radical (unpaired) electrons. The van der Waals surface area contributed by atoms with E-state index in [4.69, 9.17) is 18.9 Å². The molecule has 2 saturated heterocycles. The highest BCUT2D eigenvalue weighted by Gasteiger charge is 2.45. The summed E-state index contributed by atoms with van der Waals surface area (Å²) >= 11 is 0. The van der Waals surface area contributed by atoms with Crippen molar-refractivity contribution in [2.45, 2.75) is 88.9 Å². The summed E-state index contributed by atoms with van der Waals surface area (Å²) in [7, 11) is 0. The van der Waals surface area contributed by atoms with Gasteiger partial charge in [-0.15, -0.1) is 0 Å². The highest BCUT2D eigenvalue weighted by atomic mass is 16.7. The monoisotopic (exact) mass is 448 g/mol. The van der Waals surface area contributed by atoms with E-state index >= 15 is 0 Å². The lowest BCUT2D eigenvalue weighted by atomic mass is 9.99. The molecule has 0 spiro atoms. The maximum atomic E-state index is 10.2. The molecule has 0 unspecified atom stereocenters. The Kier molecular flexibility index (Phi) is 10.5. The van der Waals surface area contributed by atoms with Gasteiger partial charge in [-0.05, 0) is 33.6 Å². The molecule has 0 aromatic rings. The van der Waals surface area contributed by atoms with Crippen LogP contribution >= 0.6 is 0 Å². The molecular weight excluding hydrogens is 412 g/mol. The first kappa shape index (κ1) is 26.3. The molecule has 6 N–H and O–H groups in total. The highest BCUT2D eigenvalue weighted by molar-refractivity contribution is 5.02. The van der Waals surface area contributed by atoms with Crippen molar-refractivity contribution in [3.8, 4) is 0 Å². The van der Waals surface area contributed by atoms with Gasteiger partial charge in [-0.1, -0.05) is 23.3 Å². The molecule has 2 aliphatic heterocycles. The van der Waals surface area contributed by atoms with Gasteiger partial charge in [0.1, 0.15) is 42.7 Å². The minimum absolute atomic E-state index is 0.146. The van der Waals surface area contributed by atoms with Crippen molar-refractivity contribution in [1.29, 1.82) is 0 Å². The lowest BCUT2D eigenvalue weighted by molar-refractivity contribution is -0.319. The van der Waals surface area contributed by atoms with E-state index in [2.05, 4.69) is 6.08 Å². The molecule has 10 heteroatoms. The van der Waals surface area contributed by atoms with Crippen LogP contribution < -0.4 is 0 Å². The van der Waals surface area contributed by atoms with Crippen LogP contribution in [0, 0.1) is 0 Å². The fourth-order valence-corrected chi connectivity index (χ4v) is 3.28. The first-order chi connectivity index (χ1) is 14.6. The number of allylic oxidation sites excluding steroid dienone is 3. The first-order valence-electron chi connectivity index (χ1n) is 10.5. The Hall–Kier alpha value is -0.920. The Morgan fingerprint density at radius 3 is 2.19 bits per heavy atom. The van der Waals surface area contributed by atoms with Crippen LogP contribution in [0.15, 0.2) is 23.3 Å².